The van der Waals surface area contributed by atoms with Crippen LogP contribution in [-0.4, -0.2) is 17.7 Å². The fourth-order valence-corrected chi connectivity index (χ4v) is 1.97. The maximum absolute atomic E-state index is 11.0. The van der Waals surface area contributed by atoms with E-state index in [0.717, 1.165) is 11.1 Å². The summed E-state index contributed by atoms with van der Waals surface area (Å²) < 4.78 is 11.2. The number of hydrogen-bond acceptors (Lipinski definition) is 3. The molecule has 0 saturated carbocycles. The van der Waals surface area contributed by atoms with Gasteiger partial charge in [0.25, 0.3) is 0 Å². The molecule has 0 atom stereocenters. The molecule has 2 aromatic carbocycles. The number of hydrogen-bond donors (Lipinski definition) is 1. The molecule has 110 valence electrons. The number of carboxylic acids is 1. The van der Waals surface area contributed by atoms with Crippen LogP contribution < -0.4 is 4.74 Å². The first kappa shape index (κ1) is 15.1. The Bertz CT molecular complexity index is 593. The Morgan fingerprint density at radius 1 is 1.10 bits per heavy atom. The molecule has 0 radical (unpaired) electrons. The minimum atomic E-state index is -0.956. The molecule has 0 unspecified atom stereocenters. The summed E-state index contributed by atoms with van der Waals surface area (Å²) in [6.45, 7) is 3.20. The fourth-order valence-electron chi connectivity index (χ4n) is 1.97. The summed E-state index contributed by atoms with van der Waals surface area (Å²) in [5, 5.41) is 9.05. The van der Waals surface area contributed by atoms with Crippen molar-refractivity contribution in [3.63, 3.8) is 0 Å². The van der Waals surface area contributed by atoms with Crippen LogP contribution in [0.2, 0.25) is 0 Å². The summed E-state index contributed by atoms with van der Waals surface area (Å²) in [6, 6.07) is 14.6. The topological polar surface area (TPSA) is 55.8 Å². The van der Waals surface area contributed by atoms with Gasteiger partial charge in [-0.05, 0) is 30.7 Å². The van der Waals surface area contributed by atoms with Crippen molar-refractivity contribution in [2.24, 2.45) is 0 Å². The van der Waals surface area contributed by atoms with Gasteiger partial charge < -0.3 is 14.6 Å². The van der Waals surface area contributed by atoms with Gasteiger partial charge in [-0.15, -0.1) is 0 Å². The second-order valence-electron chi connectivity index (χ2n) is 4.54. The second-order valence-corrected chi connectivity index (χ2v) is 4.54. The normalized spacial score (nSPS) is 10.3. The van der Waals surface area contributed by atoms with E-state index in [4.69, 9.17) is 14.6 Å². The summed E-state index contributed by atoms with van der Waals surface area (Å²) in [5.74, 6) is -0.294. The van der Waals surface area contributed by atoms with E-state index in [1.54, 1.807) is 12.1 Å². The molecule has 0 amide bonds. The molecule has 2 rings (SSSR count). The van der Waals surface area contributed by atoms with Crippen LogP contribution in [0.15, 0.2) is 48.5 Å². The van der Waals surface area contributed by atoms with E-state index >= 15 is 0 Å². The molecule has 1 N–H and O–H groups in total. The molecule has 0 aliphatic heterocycles. The van der Waals surface area contributed by atoms with Crippen molar-refractivity contribution < 1.29 is 19.4 Å². The number of rotatable bonds is 7. The summed E-state index contributed by atoms with van der Waals surface area (Å²) in [4.78, 5) is 11.0. The van der Waals surface area contributed by atoms with Crippen LogP contribution >= 0.6 is 0 Å². The molecule has 0 spiro atoms. The van der Waals surface area contributed by atoms with Crippen molar-refractivity contribution in [1.82, 2.24) is 0 Å². The van der Waals surface area contributed by atoms with E-state index in [1.165, 1.54) is 6.07 Å². The predicted molar refractivity (Wildman–Crippen MR) is 79.5 cm³/mol. The lowest BCUT2D eigenvalue weighted by Crippen LogP contribution is -2.03. The number of ether oxygens (including phenoxy) is 2. The zero-order valence-corrected chi connectivity index (χ0v) is 11.9. The zero-order valence-electron chi connectivity index (χ0n) is 11.9. The van der Waals surface area contributed by atoms with E-state index in [-0.39, 0.29) is 5.56 Å². The quantitative estimate of drug-likeness (QED) is 0.846. The molecule has 0 aromatic heterocycles. The Labute approximate surface area is 123 Å². The lowest BCUT2D eigenvalue weighted by molar-refractivity contribution is 0.0696. The zero-order chi connectivity index (χ0) is 15.1. The lowest BCUT2D eigenvalue weighted by Gasteiger charge is -2.11. The molecule has 4 heteroatoms. The van der Waals surface area contributed by atoms with Crippen molar-refractivity contribution in [2.45, 2.75) is 20.1 Å². The minimum Gasteiger partial charge on any atom is -0.494 e. The Kier molecular flexibility index (Phi) is 5.35. The Balaban J connectivity index is 2.06. The van der Waals surface area contributed by atoms with E-state index in [9.17, 15) is 4.79 Å². The molecule has 21 heavy (non-hydrogen) atoms. The maximum atomic E-state index is 11.0. The molecule has 0 bridgehead atoms. The van der Waals surface area contributed by atoms with Gasteiger partial charge >= 0.3 is 5.97 Å². The third-order valence-corrected chi connectivity index (χ3v) is 2.98. The van der Waals surface area contributed by atoms with E-state index in [2.05, 4.69) is 0 Å². The third kappa shape index (κ3) is 4.33. The van der Waals surface area contributed by atoms with Crippen LogP contribution in [0.5, 0.6) is 5.75 Å². The van der Waals surface area contributed by atoms with Crippen LogP contribution in [0.1, 0.15) is 28.4 Å². The van der Waals surface area contributed by atoms with Crippen LogP contribution in [-0.2, 0) is 18.0 Å². The highest BCUT2D eigenvalue weighted by Gasteiger charge is 2.09. The van der Waals surface area contributed by atoms with Gasteiger partial charge in [-0.1, -0.05) is 30.3 Å². The first-order valence-corrected chi connectivity index (χ1v) is 6.81. The molecule has 0 aliphatic carbocycles. The summed E-state index contributed by atoms with van der Waals surface area (Å²) in [6.07, 6.45) is 0. The monoisotopic (exact) mass is 286 g/mol. The molecule has 0 aliphatic rings. The number of aromatic carboxylic acids is 1. The SMILES string of the molecule is CCOc1ccc(C(=O)O)cc1COCc1ccccc1. The molecular weight excluding hydrogens is 268 g/mol. The third-order valence-electron chi connectivity index (χ3n) is 2.98. The number of carboxylic acid groups (broad SMARTS) is 1. The maximum Gasteiger partial charge on any atom is 0.335 e. The molecule has 0 fully saturated rings. The second kappa shape index (κ2) is 7.45. The van der Waals surface area contributed by atoms with Gasteiger partial charge in [-0.2, -0.15) is 0 Å². The van der Waals surface area contributed by atoms with Crippen LogP contribution in [0.3, 0.4) is 0 Å². The fraction of sp³-hybridized carbons (Fsp3) is 0.235. The Hall–Kier alpha value is -2.33. The van der Waals surface area contributed by atoms with Gasteiger partial charge in [0, 0.05) is 5.56 Å². The Morgan fingerprint density at radius 2 is 1.86 bits per heavy atom. The van der Waals surface area contributed by atoms with Crippen molar-refractivity contribution in [1.29, 1.82) is 0 Å². The molecule has 0 heterocycles. The summed E-state index contributed by atoms with van der Waals surface area (Å²) in [5.41, 5.74) is 2.05. The van der Waals surface area contributed by atoms with Crippen LogP contribution in [0.25, 0.3) is 0 Å². The van der Waals surface area contributed by atoms with E-state index in [1.807, 2.05) is 37.3 Å². The molecule has 0 saturated heterocycles. The number of carbonyl (C=O) groups is 1. The average Bonchev–Trinajstić information content (AvgIpc) is 2.50. The number of benzene rings is 2. The largest absolute Gasteiger partial charge is 0.494 e. The average molecular weight is 286 g/mol. The molecular formula is C17H18O4. The van der Waals surface area contributed by atoms with Crippen molar-refractivity contribution >= 4 is 5.97 Å². The van der Waals surface area contributed by atoms with Crippen molar-refractivity contribution in [3.05, 3.63) is 65.2 Å². The van der Waals surface area contributed by atoms with Gasteiger partial charge in [-0.3, -0.25) is 0 Å². The first-order chi connectivity index (χ1) is 10.2. The van der Waals surface area contributed by atoms with E-state index < -0.39 is 5.97 Å². The Morgan fingerprint density at radius 3 is 2.52 bits per heavy atom. The van der Waals surface area contributed by atoms with Crippen molar-refractivity contribution in [3.8, 4) is 5.75 Å². The van der Waals surface area contributed by atoms with Crippen LogP contribution in [0.4, 0.5) is 0 Å². The summed E-state index contributed by atoms with van der Waals surface area (Å²) in [7, 11) is 0. The minimum absolute atomic E-state index is 0.233. The van der Waals surface area contributed by atoms with Gasteiger partial charge in [0.15, 0.2) is 0 Å². The predicted octanol–water partition coefficient (Wildman–Crippen LogP) is 3.50. The van der Waals surface area contributed by atoms with E-state index in [0.29, 0.717) is 25.6 Å². The van der Waals surface area contributed by atoms with Gasteiger partial charge in [0.05, 0.1) is 25.4 Å². The van der Waals surface area contributed by atoms with Gasteiger partial charge in [0.1, 0.15) is 5.75 Å². The highest BCUT2D eigenvalue weighted by molar-refractivity contribution is 5.88. The summed E-state index contributed by atoms with van der Waals surface area (Å²) >= 11 is 0. The van der Waals surface area contributed by atoms with Gasteiger partial charge in [-0.25, -0.2) is 4.79 Å². The molecule has 4 nitrogen and oxygen atoms in total. The highest BCUT2D eigenvalue weighted by atomic mass is 16.5. The first-order valence-electron chi connectivity index (χ1n) is 6.81. The lowest BCUT2D eigenvalue weighted by atomic mass is 10.1. The standard InChI is InChI=1S/C17H18O4/c1-2-21-16-9-8-14(17(18)19)10-15(16)12-20-11-13-6-4-3-5-7-13/h3-10H,2,11-12H2,1H3,(H,18,19). The van der Waals surface area contributed by atoms with Gasteiger partial charge in [0.2, 0.25) is 0 Å². The molecule has 2 aromatic rings. The van der Waals surface area contributed by atoms with Crippen molar-refractivity contribution in [2.75, 3.05) is 6.61 Å². The highest BCUT2D eigenvalue weighted by Crippen LogP contribution is 2.22. The van der Waals surface area contributed by atoms with Crippen LogP contribution in [0, 0.1) is 0 Å². The smallest absolute Gasteiger partial charge is 0.335 e.